The first-order chi connectivity index (χ1) is 10.1. The fourth-order valence-corrected chi connectivity index (χ4v) is 2.22. The number of aliphatic hydroxyl groups excluding tert-OH is 1. The van der Waals surface area contributed by atoms with Crippen molar-refractivity contribution in [2.24, 2.45) is 0 Å². The SMILES string of the molecule is COc1cc(OC)c(C(O)c2cnccc2C)c(OC)c1. The molecule has 5 heteroatoms. The van der Waals surface area contributed by atoms with Crippen LogP contribution >= 0.6 is 0 Å². The Morgan fingerprint density at radius 1 is 1.05 bits per heavy atom. The van der Waals surface area contributed by atoms with E-state index in [1.54, 1.807) is 45.9 Å². The number of hydrogen-bond donors (Lipinski definition) is 1. The molecule has 0 aliphatic heterocycles. The number of pyridine rings is 1. The van der Waals surface area contributed by atoms with Crippen LogP contribution in [-0.4, -0.2) is 31.4 Å². The smallest absolute Gasteiger partial charge is 0.132 e. The quantitative estimate of drug-likeness (QED) is 0.916. The first-order valence-electron chi connectivity index (χ1n) is 6.50. The highest BCUT2D eigenvalue weighted by molar-refractivity contribution is 5.54. The number of methoxy groups -OCH3 is 3. The van der Waals surface area contributed by atoms with E-state index >= 15 is 0 Å². The van der Waals surface area contributed by atoms with Crippen molar-refractivity contribution in [1.82, 2.24) is 4.98 Å². The molecule has 1 heterocycles. The number of benzene rings is 1. The molecule has 5 nitrogen and oxygen atoms in total. The number of aliphatic hydroxyl groups is 1. The average Bonchev–Trinajstić information content (AvgIpc) is 2.53. The average molecular weight is 289 g/mol. The lowest BCUT2D eigenvalue weighted by molar-refractivity contribution is 0.207. The Bertz CT molecular complexity index is 602. The van der Waals surface area contributed by atoms with E-state index < -0.39 is 6.10 Å². The van der Waals surface area contributed by atoms with Gasteiger partial charge in [-0.25, -0.2) is 0 Å². The lowest BCUT2D eigenvalue weighted by Gasteiger charge is -2.20. The third kappa shape index (κ3) is 2.92. The summed E-state index contributed by atoms with van der Waals surface area (Å²) in [5, 5.41) is 10.7. The second-order valence-electron chi connectivity index (χ2n) is 4.58. The molecule has 2 rings (SSSR count). The van der Waals surface area contributed by atoms with Gasteiger partial charge in [0.25, 0.3) is 0 Å². The molecule has 2 aromatic rings. The van der Waals surface area contributed by atoms with Gasteiger partial charge in [0.05, 0.1) is 26.9 Å². The van der Waals surface area contributed by atoms with Crippen LogP contribution in [0.1, 0.15) is 22.8 Å². The number of rotatable bonds is 5. The normalized spacial score (nSPS) is 11.9. The fraction of sp³-hybridized carbons (Fsp3) is 0.312. The first kappa shape index (κ1) is 15.1. The molecule has 0 bridgehead atoms. The lowest BCUT2D eigenvalue weighted by Crippen LogP contribution is -2.07. The second kappa shape index (κ2) is 6.45. The molecule has 0 aliphatic carbocycles. The zero-order chi connectivity index (χ0) is 15.4. The van der Waals surface area contributed by atoms with Gasteiger partial charge in [0, 0.05) is 30.1 Å². The van der Waals surface area contributed by atoms with Crippen LogP contribution in [0.2, 0.25) is 0 Å². The van der Waals surface area contributed by atoms with E-state index in [0.29, 0.717) is 28.4 Å². The van der Waals surface area contributed by atoms with Gasteiger partial charge in [-0.1, -0.05) is 0 Å². The summed E-state index contributed by atoms with van der Waals surface area (Å²) >= 11 is 0. The number of ether oxygens (including phenoxy) is 3. The largest absolute Gasteiger partial charge is 0.496 e. The minimum absolute atomic E-state index is 0.502. The second-order valence-corrected chi connectivity index (χ2v) is 4.58. The van der Waals surface area contributed by atoms with Gasteiger partial charge in [-0.2, -0.15) is 0 Å². The van der Waals surface area contributed by atoms with Gasteiger partial charge in [-0.05, 0) is 18.6 Å². The highest BCUT2D eigenvalue weighted by Gasteiger charge is 2.23. The van der Waals surface area contributed by atoms with E-state index in [2.05, 4.69) is 4.98 Å². The van der Waals surface area contributed by atoms with Gasteiger partial charge in [0.1, 0.15) is 23.4 Å². The van der Waals surface area contributed by atoms with E-state index in [-0.39, 0.29) is 0 Å². The Balaban J connectivity index is 2.59. The van der Waals surface area contributed by atoms with Gasteiger partial charge in [-0.15, -0.1) is 0 Å². The van der Waals surface area contributed by atoms with Gasteiger partial charge in [0.15, 0.2) is 0 Å². The van der Waals surface area contributed by atoms with Crippen LogP contribution in [-0.2, 0) is 0 Å². The molecule has 112 valence electrons. The Morgan fingerprint density at radius 3 is 2.14 bits per heavy atom. The van der Waals surface area contributed by atoms with Crippen molar-refractivity contribution in [2.45, 2.75) is 13.0 Å². The highest BCUT2D eigenvalue weighted by atomic mass is 16.5. The molecule has 0 aliphatic rings. The molecule has 1 aromatic carbocycles. The molecule has 0 spiro atoms. The standard InChI is InChI=1S/C16H19NO4/c1-10-5-6-17-9-12(10)16(18)15-13(20-3)7-11(19-2)8-14(15)21-4/h5-9,16,18H,1-4H3. The highest BCUT2D eigenvalue weighted by Crippen LogP contribution is 2.41. The minimum atomic E-state index is -0.894. The molecule has 0 amide bonds. The molecule has 21 heavy (non-hydrogen) atoms. The van der Waals surface area contributed by atoms with Crippen molar-refractivity contribution in [3.05, 3.63) is 47.3 Å². The maximum absolute atomic E-state index is 10.7. The third-order valence-electron chi connectivity index (χ3n) is 3.40. The summed E-state index contributed by atoms with van der Waals surface area (Å²) in [5.74, 6) is 1.60. The molecule has 1 atom stereocenters. The summed E-state index contributed by atoms with van der Waals surface area (Å²) in [7, 11) is 4.65. The van der Waals surface area contributed by atoms with Crippen LogP contribution < -0.4 is 14.2 Å². The molecule has 1 N–H and O–H groups in total. The van der Waals surface area contributed by atoms with E-state index in [0.717, 1.165) is 5.56 Å². The Morgan fingerprint density at radius 2 is 1.67 bits per heavy atom. The van der Waals surface area contributed by atoms with Gasteiger partial charge >= 0.3 is 0 Å². The van der Waals surface area contributed by atoms with Gasteiger partial charge in [0.2, 0.25) is 0 Å². The van der Waals surface area contributed by atoms with Gasteiger partial charge in [-0.3, -0.25) is 4.98 Å². The Kier molecular flexibility index (Phi) is 4.65. The van der Waals surface area contributed by atoms with E-state index in [1.807, 2.05) is 13.0 Å². The summed E-state index contributed by atoms with van der Waals surface area (Å²) in [5.41, 5.74) is 2.20. The molecule has 0 radical (unpaired) electrons. The number of aromatic nitrogens is 1. The molecular formula is C16H19NO4. The molecule has 0 saturated heterocycles. The lowest BCUT2D eigenvalue weighted by atomic mass is 9.97. The molecule has 0 fully saturated rings. The molecular weight excluding hydrogens is 270 g/mol. The molecule has 0 saturated carbocycles. The number of hydrogen-bond acceptors (Lipinski definition) is 5. The Labute approximate surface area is 124 Å². The van der Waals surface area contributed by atoms with E-state index in [1.165, 1.54) is 0 Å². The zero-order valence-corrected chi connectivity index (χ0v) is 12.6. The summed E-state index contributed by atoms with van der Waals surface area (Å²) in [6.45, 7) is 1.92. The van der Waals surface area contributed by atoms with Crippen LogP contribution in [0.15, 0.2) is 30.6 Å². The van der Waals surface area contributed by atoms with Crippen LogP contribution in [0.3, 0.4) is 0 Å². The van der Waals surface area contributed by atoms with Crippen molar-refractivity contribution < 1.29 is 19.3 Å². The number of aryl methyl sites for hydroxylation is 1. The Hall–Kier alpha value is -2.27. The van der Waals surface area contributed by atoms with E-state index in [4.69, 9.17) is 14.2 Å². The van der Waals surface area contributed by atoms with Crippen LogP contribution in [0.25, 0.3) is 0 Å². The van der Waals surface area contributed by atoms with E-state index in [9.17, 15) is 5.11 Å². The van der Waals surface area contributed by atoms with Crippen molar-refractivity contribution in [1.29, 1.82) is 0 Å². The van der Waals surface area contributed by atoms with Crippen molar-refractivity contribution >= 4 is 0 Å². The fourth-order valence-electron chi connectivity index (χ4n) is 2.22. The third-order valence-corrected chi connectivity index (χ3v) is 3.40. The van der Waals surface area contributed by atoms with Crippen LogP contribution in [0.4, 0.5) is 0 Å². The van der Waals surface area contributed by atoms with Crippen molar-refractivity contribution in [3.63, 3.8) is 0 Å². The molecule has 1 unspecified atom stereocenters. The van der Waals surface area contributed by atoms with Crippen LogP contribution in [0, 0.1) is 6.92 Å². The van der Waals surface area contributed by atoms with Gasteiger partial charge < -0.3 is 19.3 Å². The predicted octanol–water partition coefficient (Wildman–Crippen LogP) is 2.50. The maximum Gasteiger partial charge on any atom is 0.132 e. The summed E-state index contributed by atoms with van der Waals surface area (Å²) in [4.78, 5) is 4.07. The monoisotopic (exact) mass is 289 g/mol. The molecule has 1 aromatic heterocycles. The summed E-state index contributed by atoms with van der Waals surface area (Å²) in [6.07, 6.45) is 2.44. The minimum Gasteiger partial charge on any atom is -0.496 e. The maximum atomic E-state index is 10.7. The number of nitrogens with zero attached hydrogens (tertiary/aromatic N) is 1. The predicted molar refractivity (Wildman–Crippen MR) is 79.1 cm³/mol. The van der Waals surface area contributed by atoms with Crippen molar-refractivity contribution in [3.8, 4) is 17.2 Å². The topological polar surface area (TPSA) is 60.8 Å². The van der Waals surface area contributed by atoms with Crippen LogP contribution in [0.5, 0.6) is 17.2 Å². The summed E-state index contributed by atoms with van der Waals surface area (Å²) < 4.78 is 16.0. The summed E-state index contributed by atoms with van der Waals surface area (Å²) in [6, 6.07) is 5.28. The first-order valence-corrected chi connectivity index (χ1v) is 6.50. The zero-order valence-electron chi connectivity index (χ0n) is 12.6. The van der Waals surface area contributed by atoms with Crippen molar-refractivity contribution in [2.75, 3.05) is 21.3 Å².